The molecule has 1 rings (SSSR count). The maximum absolute atomic E-state index is 4.55. The quantitative estimate of drug-likeness (QED) is 0.737. The predicted molar refractivity (Wildman–Crippen MR) is 69.6 cm³/mol. The second-order valence-electron chi connectivity index (χ2n) is 4.18. The van der Waals surface area contributed by atoms with E-state index >= 15 is 0 Å². The number of hydrogen-bond acceptors (Lipinski definition) is 3. The van der Waals surface area contributed by atoms with E-state index in [1.54, 1.807) is 0 Å². The van der Waals surface area contributed by atoms with Crippen LogP contribution in [-0.2, 0) is 0 Å². The molecule has 1 fully saturated rings. The van der Waals surface area contributed by atoms with Crippen molar-refractivity contribution in [1.82, 2.24) is 5.32 Å². The molecule has 0 aromatic heterocycles. The Balaban J connectivity index is 2.13. The van der Waals surface area contributed by atoms with Crippen LogP contribution < -0.4 is 5.32 Å². The Kier molecular flexibility index (Phi) is 5.17. The van der Waals surface area contributed by atoms with E-state index in [0.717, 1.165) is 17.5 Å². The molecule has 2 nitrogen and oxygen atoms in total. The van der Waals surface area contributed by atoms with Crippen LogP contribution in [0.4, 0.5) is 0 Å². The van der Waals surface area contributed by atoms with E-state index in [1.165, 1.54) is 18.6 Å². The molecule has 0 aromatic carbocycles. The summed E-state index contributed by atoms with van der Waals surface area (Å²) < 4.78 is 0. The highest BCUT2D eigenvalue weighted by Crippen LogP contribution is 2.21. The average Bonchev–Trinajstić information content (AvgIpc) is 2.45. The first-order chi connectivity index (χ1) is 6.64. The molecule has 1 saturated heterocycles. The van der Waals surface area contributed by atoms with Gasteiger partial charge in [-0.05, 0) is 38.7 Å². The third kappa shape index (κ3) is 4.60. The van der Waals surface area contributed by atoms with Crippen molar-refractivity contribution < 1.29 is 0 Å². The van der Waals surface area contributed by atoms with Gasteiger partial charge in [0.15, 0.2) is 5.17 Å². The third-order valence-corrected chi connectivity index (χ3v) is 4.09. The van der Waals surface area contributed by atoms with E-state index in [0.29, 0.717) is 0 Å². The van der Waals surface area contributed by atoms with Gasteiger partial charge in [-0.2, -0.15) is 11.8 Å². The van der Waals surface area contributed by atoms with E-state index in [-0.39, 0.29) is 5.54 Å². The summed E-state index contributed by atoms with van der Waals surface area (Å²) in [7, 11) is 0. The number of aliphatic imine (C=N–C) groups is 1. The lowest BCUT2D eigenvalue weighted by Gasteiger charge is -2.15. The van der Waals surface area contributed by atoms with Crippen molar-refractivity contribution in [2.45, 2.75) is 32.2 Å². The second-order valence-corrected chi connectivity index (χ2v) is 6.13. The standard InChI is InChI=1S/C10H20N2S2/c1-10(2)8-14-9(12-10)11-6-4-5-7-13-3/h4-8H2,1-3H3,(H,11,12). The van der Waals surface area contributed by atoms with Crippen LogP contribution in [0, 0.1) is 0 Å². The molecule has 14 heavy (non-hydrogen) atoms. The van der Waals surface area contributed by atoms with Gasteiger partial charge in [0.05, 0.1) is 0 Å². The van der Waals surface area contributed by atoms with Gasteiger partial charge >= 0.3 is 0 Å². The summed E-state index contributed by atoms with van der Waals surface area (Å²) in [5.74, 6) is 2.40. The smallest absolute Gasteiger partial charge is 0.157 e. The number of hydrogen-bond donors (Lipinski definition) is 1. The Hall–Kier alpha value is 0.170. The summed E-state index contributed by atoms with van der Waals surface area (Å²) in [6.07, 6.45) is 4.65. The highest BCUT2D eigenvalue weighted by molar-refractivity contribution is 8.14. The molecule has 0 saturated carbocycles. The molecule has 82 valence electrons. The number of rotatable bonds is 5. The summed E-state index contributed by atoms with van der Waals surface area (Å²) in [5, 5.41) is 4.57. The van der Waals surface area contributed by atoms with Crippen LogP contribution in [-0.4, -0.2) is 35.0 Å². The summed E-state index contributed by atoms with van der Waals surface area (Å²) in [5.41, 5.74) is 0.239. The van der Waals surface area contributed by atoms with Crippen LogP contribution in [0.25, 0.3) is 0 Å². The highest BCUT2D eigenvalue weighted by Gasteiger charge is 2.26. The topological polar surface area (TPSA) is 24.4 Å². The summed E-state index contributed by atoms with van der Waals surface area (Å²) in [4.78, 5) is 4.55. The average molecular weight is 232 g/mol. The highest BCUT2D eigenvalue weighted by atomic mass is 32.2. The molecule has 1 aliphatic heterocycles. The maximum atomic E-state index is 4.55. The second kappa shape index (κ2) is 5.91. The first kappa shape index (κ1) is 12.2. The lowest BCUT2D eigenvalue weighted by Crippen LogP contribution is -2.36. The molecule has 0 spiro atoms. The van der Waals surface area contributed by atoms with Gasteiger partial charge in [0.2, 0.25) is 0 Å². The maximum Gasteiger partial charge on any atom is 0.157 e. The van der Waals surface area contributed by atoms with Crippen molar-refractivity contribution in [2.24, 2.45) is 4.99 Å². The molecule has 1 N–H and O–H groups in total. The fraction of sp³-hybridized carbons (Fsp3) is 0.900. The van der Waals surface area contributed by atoms with Gasteiger partial charge in [0.25, 0.3) is 0 Å². The zero-order chi connectivity index (χ0) is 10.4. The Bertz CT molecular complexity index is 202. The largest absolute Gasteiger partial charge is 0.359 e. The van der Waals surface area contributed by atoms with Crippen LogP contribution in [0.1, 0.15) is 26.7 Å². The Morgan fingerprint density at radius 3 is 2.86 bits per heavy atom. The number of amidine groups is 1. The van der Waals surface area contributed by atoms with E-state index in [9.17, 15) is 0 Å². The number of unbranched alkanes of at least 4 members (excludes halogenated alkanes) is 1. The predicted octanol–water partition coefficient (Wildman–Crippen LogP) is 2.60. The van der Waals surface area contributed by atoms with Crippen LogP contribution in [0.5, 0.6) is 0 Å². The van der Waals surface area contributed by atoms with E-state index < -0.39 is 0 Å². The molecular formula is C10H20N2S2. The molecule has 1 heterocycles. The minimum atomic E-state index is 0.239. The van der Waals surface area contributed by atoms with Gasteiger partial charge in [-0.1, -0.05) is 11.8 Å². The molecule has 0 bridgehead atoms. The zero-order valence-electron chi connectivity index (χ0n) is 9.30. The molecule has 0 aromatic rings. The minimum Gasteiger partial charge on any atom is -0.359 e. The van der Waals surface area contributed by atoms with Crippen molar-refractivity contribution in [3.63, 3.8) is 0 Å². The van der Waals surface area contributed by atoms with Crippen molar-refractivity contribution in [1.29, 1.82) is 0 Å². The van der Waals surface area contributed by atoms with E-state index in [2.05, 4.69) is 30.4 Å². The zero-order valence-corrected chi connectivity index (χ0v) is 10.9. The third-order valence-electron chi connectivity index (χ3n) is 2.03. The van der Waals surface area contributed by atoms with Gasteiger partial charge in [-0.25, -0.2) is 0 Å². The van der Waals surface area contributed by atoms with Crippen LogP contribution >= 0.6 is 23.5 Å². The van der Waals surface area contributed by atoms with E-state index in [1.807, 2.05) is 23.5 Å². The molecule has 0 aliphatic carbocycles. The van der Waals surface area contributed by atoms with Crippen molar-refractivity contribution in [3.8, 4) is 0 Å². The lowest BCUT2D eigenvalue weighted by molar-refractivity contribution is 0.536. The number of thioether (sulfide) groups is 2. The Labute approximate surface area is 95.7 Å². The van der Waals surface area contributed by atoms with Crippen LogP contribution in [0.2, 0.25) is 0 Å². The first-order valence-electron chi connectivity index (χ1n) is 5.08. The lowest BCUT2D eigenvalue weighted by atomic mass is 10.1. The SMILES string of the molecule is CSCCCCN=C1NC(C)(C)CS1. The molecule has 1 aliphatic rings. The summed E-state index contributed by atoms with van der Waals surface area (Å²) in [6, 6.07) is 0. The fourth-order valence-electron chi connectivity index (χ4n) is 1.23. The molecule has 0 unspecified atom stereocenters. The van der Waals surface area contributed by atoms with Gasteiger partial charge < -0.3 is 5.32 Å². The van der Waals surface area contributed by atoms with Crippen molar-refractivity contribution >= 4 is 28.7 Å². The monoisotopic (exact) mass is 232 g/mol. The number of nitrogens with zero attached hydrogens (tertiary/aromatic N) is 1. The fourth-order valence-corrected chi connectivity index (χ4v) is 2.83. The molecule has 4 heteroatoms. The molecule has 0 radical (unpaired) electrons. The first-order valence-corrected chi connectivity index (χ1v) is 7.46. The summed E-state index contributed by atoms with van der Waals surface area (Å²) in [6.45, 7) is 5.42. The van der Waals surface area contributed by atoms with Crippen molar-refractivity contribution in [2.75, 3.05) is 24.3 Å². The molecule has 0 amide bonds. The minimum absolute atomic E-state index is 0.239. The molecular weight excluding hydrogens is 212 g/mol. The Morgan fingerprint density at radius 2 is 2.29 bits per heavy atom. The van der Waals surface area contributed by atoms with Gasteiger partial charge in [-0.3, -0.25) is 4.99 Å². The summed E-state index contributed by atoms with van der Waals surface area (Å²) >= 11 is 3.76. The Morgan fingerprint density at radius 1 is 1.50 bits per heavy atom. The number of nitrogens with one attached hydrogen (secondary N) is 1. The van der Waals surface area contributed by atoms with Crippen LogP contribution in [0.3, 0.4) is 0 Å². The molecule has 0 atom stereocenters. The van der Waals surface area contributed by atoms with Gasteiger partial charge in [0, 0.05) is 17.8 Å². The van der Waals surface area contributed by atoms with Crippen LogP contribution in [0.15, 0.2) is 4.99 Å². The van der Waals surface area contributed by atoms with Gasteiger partial charge in [-0.15, -0.1) is 0 Å². The normalized spacial score (nSPS) is 22.6. The van der Waals surface area contributed by atoms with Crippen molar-refractivity contribution in [3.05, 3.63) is 0 Å². The van der Waals surface area contributed by atoms with E-state index in [4.69, 9.17) is 0 Å². The van der Waals surface area contributed by atoms with Gasteiger partial charge in [0.1, 0.15) is 0 Å².